The number of rotatable bonds is 5. The molecule has 0 unspecified atom stereocenters. The predicted molar refractivity (Wildman–Crippen MR) is 72.2 cm³/mol. The van der Waals surface area contributed by atoms with Crippen LogP contribution in [0.2, 0.25) is 0 Å². The van der Waals surface area contributed by atoms with Gasteiger partial charge in [0.25, 0.3) is 0 Å². The molecule has 0 saturated carbocycles. The van der Waals surface area contributed by atoms with Crippen molar-refractivity contribution in [3.63, 3.8) is 0 Å². The van der Waals surface area contributed by atoms with Crippen molar-refractivity contribution in [1.29, 1.82) is 0 Å². The van der Waals surface area contributed by atoms with Crippen LogP contribution in [0.25, 0.3) is 0 Å². The van der Waals surface area contributed by atoms with E-state index in [1.165, 1.54) is 5.57 Å². The maximum Gasteiger partial charge on any atom is 0.319 e. The third-order valence-electron chi connectivity index (χ3n) is 2.64. The second kappa shape index (κ2) is 6.89. The van der Waals surface area contributed by atoms with E-state index >= 15 is 0 Å². The zero-order chi connectivity index (χ0) is 12.9. The van der Waals surface area contributed by atoms with E-state index < -0.39 is 0 Å². The molecule has 16 heavy (non-hydrogen) atoms. The molecule has 0 aromatic heterocycles. The van der Waals surface area contributed by atoms with Crippen LogP contribution in [-0.2, 0) is 9.22 Å². The Hall–Kier alpha value is -0.573. The normalized spacial score (nSPS) is 11.3. The minimum atomic E-state index is -0.0993. The Kier molecular flexibility index (Phi) is 6.64. The number of hydrogen-bond donors (Lipinski definition) is 0. The first-order valence-corrected chi connectivity index (χ1v) is 6.94. The van der Waals surface area contributed by atoms with Crippen molar-refractivity contribution in [3.05, 3.63) is 11.1 Å². The molecule has 0 aliphatic rings. The first-order chi connectivity index (χ1) is 7.31. The summed E-state index contributed by atoms with van der Waals surface area (Å²) in [7, 11) is 0.475. The first kappa shape index (κ1) is 15.4. The second-order valence-electron chi connectivity index (χ2n) is 5.33. The van der Waals surface area contributed by atoms with Crippen molar-refractivity contribution in [2.45, 2.75) is 48.0 Å². The van der Waals surface area contributed by atoms with Crippen molar-refractivity contribution in [1.82, 2.24) is 0 Å². The Balaban J connectivity index is 5.36. The third kappa shape index (κ3) is 4.52. The molecule has 0 aliphatic heterocycles. The van der Waals surface area contributed by atoms with Crippen LogP contribution in [0.1, 0.15) is 48.0 Å². The largest absolute Gasteiger partial charge is 0.525 e. The molecule has 2 nitrogen and oxygen atoms in total. The van der Waals surface area contributed by atoms with E-state index in [-0.39, 0.29) is 5.97 Å². The molecule has 94 valence electrons. The van der Waals surface area contributed by atoms with E-state index in [0.29, 0.717) is 28.2 Å². The van der Waals surface area contributed by atoms with Gasteiger partial charge in [-0.2, -0.15) is 0 Å². The summed E-state index contributed by atoms with van der Waals surface area (Å²) >= 11 is 0. The van der Waals surface area contributed by atoms with E-state index in [1.54, 1.807) is 0 Å². The SMILES string of the molecule is CC(C)CC(C(=O)O[SiH3])=C(C(C)C)C(C)C. The first-order valence-electron chi connectivity index (χ1n) is 6.12. The number of carbonyl (C=O) groups is 1. The van der Waals surface area contributed by atoms with Crippen molar-refractivity contribution >= 4 is 16.5 Å². The fourth-order valence-electron chi connectivity index (χ4n) is 2.21. The summed E-state index contributed by atoms with van der Waals surface area (Å²) in [4.78, 5) is 11.9. The Bertz CT molecular complexity index is 255. The molecule has 0 aliphatic carbocycles. The van der Waals surface area contributed by atoms with Gasteiger partial charge in [0.15, 0.2) is 0 Å². The van der Waals surface area contributed by atoms with Crippen molar-refractivity contribution in [2.24, 2.45) is 17.8 Å². The summed E-state index contributed by atoms with van der Waals surface area (Å²) in [5, 5.41) is 0. The molecule has 0 rings (SSSR count). The van der Waals surface area contributed by atoms with Crippen LogP contribution in [0.15, 0.2) is 11.1 Å². The molecule has 0 amide bonds. The zero-order valence-corrected chi connectivity index (χ0v) is 13.8. The van der Waals surface area contributed by atoms with E-state index in [2.05, 4.69) is 41.5 Å². The van der Waals surface area contributed by atoms with Gasteiger partial charge in [-0.3, -0.25) is 0 Å². The number of carbonyl (C=O) groups excluding carboxylic acids is 1. The molecule has 0 aromatic rings. The zero-order valence-electron chi connectivity index (χ0n) is 11.8. The Labute approximate surface area is 103 Å². The van der Waals surface area contributed by atoms with Gasteiger partial charge in [-0.05, 0) is 24.2 Å². The fourth-order valence-corrected chi connectivity index (χ4v) is 2.46. The molecular weight excluding hydrogens is 216 g/mol. The Morgan fingerprint density at radius 3 is 1.75 bits per heavy atom. The van der Waals surface area contributed by atoms with E-state index in [9.17, 15) is 4.79 Å². The fraction of sp³-hybridized carbons (Fsp3) is 0.769. The van der Waals surface area contributed by atoms with Gasteiger partial charge in [0.2, 0.25) is 10.5 Å². The Morgan fingerprint density at radius 1 is 1.06 bits per heavy atom. The van der Waals surface area contributed by atoms with Gasteiger partial charge in [0.1, 0.15) is 0 Å². The summed E-state index contributed by atoms with van der Waals surface area (Å²) in [5.41, 5.74) is 2.17. The minimum absolute atomic E-state index is 0.0993. The summed E-state index contributed by atoms with van der Waals surface area (Å²) in [6.45, 7) is 12.9. The number of allylic oxidation sites excluding steroid dienone is 1. The topological polar surface area (TPSA) is 26.3 Å². The summed E-state index contributed by atoms with van der Waals surface area (Å²) < 4.78 is 5.04. The molecule has 0 fully saturated rings. The van der Waals surface area contributed by atoms with Gasteiger partial charge in [-0.15, -0.1) is 0 Å². The third-order valence-corrected chi connectivity index (χ3v) is 3.01. The highest BCUT2D eigenvalue weighted by Crippen LogP contribution is 2.28. The minimum Gasteiger partial charge on any atom is -0.525 e. The molecule has 0 N–H and O–H groups in total. The van der Waals surface area contributed by atoms with Crippen LogP contribution in [0.4, 0.5) is 0 Å². The van der Waals surface area contributed by atoms with Crippen molar-refractivity contribution in [3.8, 4) is 0 Å². The molecule has 0 atom stereocenters. The van der Waals surface area contributed by atoms with Crippen LogP contribution in [0.5, 0.6) is 0 Å². The molecule has 0 spiro atoms. The van der Waals surface area contributed by atoms with Gasteiger partial charge in [0.05, 0.1) is 0 Å². The summed E-state index contributed by atoms with van der Waals surface area (Å²) in [6.07, 6.45) is 0.826. The van der Waals surface area contributed by atoms with Crippen molar-refractivity contribution < 1.29 is 9.22 Å². The Morgan fingerprint density at radius 2 is 1.50 bits per heavy atom. The molecule has 0 heterocycles. The lowest BCUT2D eigenvalue weighted by atomic mass is 9.85. The van der Waals surface area contributed by atoms with Crippen molar-refractivity contribution in [2.75, 3.05) is 0 Å². The highest BCUT2D eigenvalue weighted by molar-refractivity contribution is 6.09. The molecule has 0 bridgehead atoms. The summed E-state index contributed by atoms with van der Waals surface area (Å²) in [5.74, 6) is 1.21. The predicted octanol–water partition coefficient (Wildman–Crippen LogP) is 2.46. The quantitative estimate of drug-likeness (QED) is 0.547. The standard InChI is InChI=1S/C13H26O2Si/c1-8(2)7-11(13(14)15-16)12(9(3)4)10(5)6/h8-10H,7H2,1-6,16H3. The monoisotopic (exact) mass is 242 g/mol. The smallest absolute Gasteiger partial charge is 0.319 e. The summed E-state index contributed by atoms with van der Waals surface area (Å²) in [6, 6.07) is 0. The van der Waals surface area contributed by atoms with Crippen LogP contribution in [0, 0.1) is 17.8 Å². The molecule has 0 aromatic carbocycles. The number of hydrogen-bond acceptors (Lipinski definition) is 2. The molecule has 0 radical (unpaired) electrons. The highest BCUT2D eigenvalue weighted by atomic mass is 28.2. The van der Waals surface area contributed by atoms with Gasteiger partial charge < -0.3 is 4.43 Å². The van der Waals surface area contributed by atoms with Gasteiger partial charge in [0, 0.05) is 5.57 Å². The van der Waals surface area contributed by atoms with E-state index in [1.807, 2.05) is 0 Å². The molecular formula is C13H26O2Si. The van der Waals surface area contributed by atoms with Crippen LogP contribution >= 0.6 is 0 Å². The maximum atomic E-state index is 11.9. The second-order valence-corrected chi connectivity index (χ2v) is 5.74. The van der Waals surface area contributed by atoms with Crippen LogP contribution in [-0.4, -0.2) is 16.5 Å². The van der Waals surface area contributed by atoms with Gasteiger partial charge in [-0.25, -0.2) is 4.79 Å². The lowest BCUT2D eigenvalue weighted by Gasteiger charge is -2.21. The lowest BCUT2D eigenvalue weighted by Crippen LogP contribution is -2.16. The average molecular weight is 242 g/mol. The maximum absolute atomic E-state index is 11.9. The molecule has 3 heteroatoms. The lowest BCUT2D eigenvalue weighted by molar-refractivity contribution is -0.130. The van der Waals surface area contributed by atoms with Crippen LogP contribution < -0.4 is 0 Å². The highest BCUT2D eigenvalue weighted by Gasteiger charge is 2.21. The molecule has 0 saturated heterocycles. The van der Waals surface area contributed by atoms with Gasteiger partial charge >= 0.3 is 5.97 Å². The van der Waals surface area contributed by atoms with E-state index in [4.69, 9.17) is 4.43 Å². The average Bonchev–Trinajstić information content (AvgIpc) is 2.13. The van der Waals surface area contributed by atoms with E-state index in [0.717, 1.165) is 12.0 Å². The van der Waals surface area contributed by atoms with Crippen LogP contribution in [0.3, 0.4) is 0 Å². The van der Waals surface area contributed by atoms with Gasteiger partial charge in [-0.1, -0.05) is 47.1 Å².